The van der Waals surface area contributed by atoms with Crippen molar-refractivity contribution < 1.29 is 270 Å². The Balaban J connectivity index is 0.00000937. The zero-order chi connectivity index (χ0) is 52.3. The predicted molar refractivity (Wildman–Crippen MR) is 232 cm³/mol. The average molecular weight is 1220 g/mol. The van der Waals surface area contributed by atoms with Crippen LogP contribution in [0, 0.1) is 13.8 Å². The second kappa shape index (κ2) is 28.6. The SMILES string of the molecule is COc1cc(N=Nc2cc(S(=O)(=O)[O-])cc3cc(S(=O)(=O)[O-])c(S(=O)(=O)[O-])cc23)c(C)cc1N=C([O-])Nc1cc(C)c(N=Nc2cc(S(=O)(=O)[O-])cc3cc(S(=O)(=O)[O-])c(S(=O)(=O)O)cc23)cc1OC.[Na+].[Na+].[Na+].[Na+].[Na+].[Na+]. The van der Waals surface area contributed by atoms with E-state index in [-0.39, 0.29) is 228 Å². The number of anilines is 1. The van der Waals surface area contributed by atoms with Gasteiger partial charge in [0.25, 0.3) is 10.1 Å². The maximum absolute atomic E-state index is 13.3. The first kappa shape index (κ1) is 75.4. The van der Waals surface area contributed by atoms with Gasteiger partial charge in [0, 0.05) is 22.9 Å². The molecule has 76 heavy (non-hydrogen) atoms. The summed E-state index contributed by atoms with van der Waals surface area (Å²) in [5.41, 5.74) is -0.937. The first-order chi connectivity index (χ1) is 32.1. The predicted octanol–water partition coefficient (Wildman–Crippen LogP) is -14.3. The van der Waals surface area contributed by atoms with Crippen LogP contribution in [0.4, 0.5) is 34.1 Å². The normalized spacial score (nSPS) is 12.4. The van der Waals surface area contributed by atoms with E-state index in [2.05, 4.69) is 30.8 Å². The van der Waals surface area contributed by atoms with Gasteiger partial charge in [0.05, 0.1) is 73.2 Å². The summed E-state index contributed by atoms with van der Waals surface area (Å²) in [6.07, 6.45) is 0. The fraction of sp³-hybridized carbons (Fsp3) is 0.108. The molecule has 0 unspecified atom stereocenters. The van der Waals surface area contributed by atoms with Crippen LogP contribution < -0.4 is 197 Å². The monoisotopic (exact) mass is 1220 g/mol. The zero-order valence-corrected chi connectivity index (χ0v) is 58.1. The van der Waals surface area contributed by atoms with E-state index >= 15 is 0 Å². The molecule has 0 aliphatic heterocycles. The van der Waals surface area contributed by atoms with Crippen molar-refractivity contribution in [3.05, 3.63) is 83.9 Å². The van der Waals surface area contributed by atoms with Gasteiger partial charge in [0.1, 0.15) is 72.7 Å². The number of hydrogen-bond acceptors (Lipinski definition) is 25. The van der Waals surface area contributed by atoms with Gasteiger partial charge in [0.15, 0.2) is 0 Å². The molecule has 0 fully saturated rings. The summed E-state index contributed by atoms with van der Waals surface area (Å²) in [7, 11) is -30.5. The number of aliphatic imine (C=N–C) groups is 1. The second-order valence-corrected chi connectivity index (χ2v) is 22.5. The Hall–Kier alpha value is -0.630. The van der Waals surface area contributed by atoms with Crippen molar-refractivity contribution >= 4 is 122 Å². The number of fused-ring (bicyclic) bond motifs is 2. The molecule has 6 aromatic rings. The molecule has 0 radical (unpaired) electrons. The molecule has 6 rings (SSSR count). The maximum Gasteiger partial charge on any atom is 1.00 e. The molecule has 0 heterocycles. The van der Waals surface area contributed by atoms with E-state index in [1.54, 1.807) is 0 Å². The summed E-state index contributed by atoms with van der Waals surface area (Å²) < 4.78 is 223. The van der Waals surface area contributed by atoms with Crippen LogP contribution in [0.15, 0.2) is 128 Å². The number of methoxy groups -OCH3 is 2. The Bertz CT molecular complexity index is 4060. The number of aryl methyl sites for hydroxylation is 2. The van der Waals surface area contributed by atoms with Gasteiger partial charge >= 0.3 is 177 Å². The fourth-order valence-corrected chi connectivity index (χ4v) is 11.0. The summed E-state index contributed by atoms with van der Waals surface area (Å²) in [4.78, 5) is -3.84. The summed E-state index contributed by atoms with van der Waals surface area (Å²) >= 11 is 0. The number of rotatable bonds is 14. The number of hydrogen-bond donors (Lipinski definition) is 2. The molecule has 27 nitrogen and oxygen atoms in total. The topological polar surface area (TPSA) is 456 Å². The van der Waals surface area contributed by atoms with Crippen LogP contribution in [0.3, 0.4) is 0 Å². The molecule has 372 valence electrons. The summed E-state index contributed by atoms with van der Waals surface area (Å²) in [5.74, 6) is -0.218. The van der Waals surface area contributed by atoms with E-state index in [0.717, 1.165) is 0 Å². The number of benzene rings is 6. The van der Waals surface area contributed by atoms with Crippen molar-refractivity contribution in [1.82, 2.24) is 0 Å². The van der Waals surface area contributed by atoms with Gasteiger partial charge in [-0.3, -0.25) is 4.55 Å². The van der Waals surface area contributed by atoms with Gasteiger partial charge in [0.2, 0.25) is 0 Å². The average Bonchev–Trinajstić information content (AvgIpc) is 3.22. The van der Waals surface area contributed by atoms with Gasteiger partial charge in [-0.1, -0.05) is 0 Å². The van der Waals surface area contributed by atoms with Crippen LogP contribution in [-0.4, -0.2) is 98.1 Å². The molecule has 6 aromatic carbocycles. The van der Waals surface area contributed by atoms with Gasteiger partial charge in [-0.25, -0.2) is 47.1 Å². The molecular weight excluding hydrogens is 1190 g/mol. The number of amidine groups is 1. The van der Waals surface area contributed by atoms with Crippen molar-refractivity contribution in [1.29, 1.82) is 0 Å². The van der Waals surface area contributed by atoms with E-state index in [4.69, 9.17) is 9.47 Å². The number of ether oxygens (including phenoxy) is 2. The van der Waals surface area contributed by atoms with Crippen molar-refractivity contribution in [2.24, 2.45) is 25.4 Å². The third-order valence-electron chi connectivity index (χ3n) is 9.61. The first-order valence-electron chi connectivity index (χ1n) is 18.3. The third-order valence-corrected chi connectivity index (χ3v) is 15.0. The Morgan fingerprint density at radius 1 is 0.447 bits per heavy atom. The van der Waals surface area contributed by atoms with Crippen molar-refractivity contribution in [2.75, 3.05) is 19.5 Å². The van der Waals surface area contributed by atoms with E-state index in [1.165, 1.54) is 52.3 Å². The zero-order valence-electron chi connectivity index (χ0n) is 41.2. The fourth-order valence-electron chi connectivity index (χ4n) is 6.43. The summed E-state index contributed by atoms with van der Waals surface area (Å²) in [5, 5.41) is 29.9. The van der Waals surface area contributed by atoms with Crippen LogP contribution in [0.25, 0.3) is 21.5 Å². The Labute approximate surface area is 566 Å². The van der Waals surface area contributed by atoms with Crippen molar-refractivity contribution in [2.45, 2.75) is 43.2 Å². The third kappa shape index (κ3) is 18.2. The van der Waals surface area contributed by atoms with E-state index in [0.29, 0.717) is 48.5 Å². The molecule has 0 spiro atoms. The molecule has 0 aliphatic carbocycles. The van der Waals surface area contributed by atoms with Crippen molar-refractivity contribution in [3.63, 3.8) is 0 Å². The number of azo groups is 2. The summed E-state index contributed by atoms with van der Waals surface area (Å²) in [6, 6.07) is 8.33. The Kier molecular flexibility index (Phi) is 28.3. The minimum absolute atomic E-state index is 0. The molecule has 0 saturated carbocycles. The maximum atomic E-state index is 13.3. The quantitative estimate of drug-likeness (QED) is 0.0336. The number of nitrogens with one attached hydrogen (secondary N) is 1. The van der Waals surface area contributed by atoms with Crippen molar-refractivity contribution in [3.8, 4) is 11.5 Å². The Morgan fingerprint density at radius 3 is 1.18 bits per heavy atom. The second-order valence-electron chi connectivity index (χ2n) is 14.3. The van der Waals surface area contributed by atoms with Crippen LogP contribution >= 0.6 is 0 Å². The molecule has 0 atom stereocenters. The molecule has 2 N–H and O–H groups in total. The molecule has 0 saturated heterocycles. The van der Waals surface area contributed by atoms with Crippen LogP contribution in [0.2, 0.25) is 0 Å². The van der Waals surface area contributed by atoms with Gasteiger partial charge < -0.3 is 42.7 Å². The summed E-state index contributed by atoms with van der Waals surface area (Å²) in [6.45, 7) is 2.89. The number of nitrogens with zero attached hydrogens (tertiary/aromatic N) is 5. The molecule has 0 aromatic heterocycles. The van der Waals surface area contributed by atoms with E-state index in [9.17, 15) is 82.9 Å². The van der Waals surface area contributed by atoms with E-state index in [1.807, 2.05) is 0 Å². The van der Waals surface area contributed by atoms with Gasteiger partial charge in [-0.15, -0.1) is 10.2 Å². The largest absolute Gasteiger partial charge is 1.00 e. The minimum atomic E-state index is -5.64. The molecule has 0 aliphatic rings. The van der Waals surface area contributed by atoms with Crippen LogP contribution in [0.1, 0.15) is 11.1 Å². The standard InChI is InChI=1S/C37H32N6O21S6.6Na/c1-17-5-29(31(63-3)15-25(17)40-42-27-11-21(65(45,46)47)7-19-9-33(67(51,52)53)35(13-23(19)27)69(57,58)59)38-37(44)39-30-6-18(2)26(16-32(30)64-4)41-43-28-12-22(66(48,49)50)8-20-10-34(68(54,55)56)36(14-24(20)28)70(60,61)62;;;;;;/h5-16H,1-4H3,(H2,38,39,44)(H,45,46,47)(H,48,49,50)(H,51,52,53)(H,54,55,56)(H,57,58,59)(H,60,61,62);;;;;;/q;6*+1/p-6. The Morgan fingerprint density at radius 2 is 0.803 bits per heavy atom. The van der Waals surface area contributed by atoms with Gasteiger partial charge in [-0.2, -0.15) is 18.6 Å². The van der Waals surface area contributed by atoms with E-state index < -0.39 is 124 Å². The molecule has 0 bridgehead atoms. The molecular formula is C37H26N6Na6O21S6. The van der Waals surface area contributed by atoms with Gasteiger partial charge in [-0.05, 0) is 96.4 Å². The molecule has 39 heteroatoms. The molecule has 0 amide bonds. The first-order valence-corrected chi connectivity index (χ1v) is 26.8. The smallest absolute Gasteiger partial charge is 0.846 e. The minimum Gasteiger partial charge on any atom is -0.846 e. The van der Waals surface area contributed by atoms with Crippen LogP contribution in [-0.2, 0) is 60.7 Å². The van der Waals surface area contributed by atoms with Crippen LogP contribution in [0.5, 0.6) is 11.5 Å².